The lowest BCUT2D eigenvalue weighted by molar-refractivity contribution is -0.115. The van der Waals surface area contributed by atoms with Crippen LogP contribution in [0.4, 0.5) is 0 Å². The number of benzene rings is 1. The van der Waals surface area contributed by atoms with Crippen molar-refractivity contribution in [2.24, 2.45) is 4.99 Å². The lowest BCUT2D eigenvalue weighted by Crippen LogP contribution is -2.32. The summed E-state index contributed by atoms with van der Waals surface area (Å²) in [6, 6.07) is 10.00. The molecule has 0 radical (unpaired) electrons. The molecule has 0 aliphatic rings. The number of hydrogen-bond acceptors (Lipinski definition) is 4. The topological polar surface area (TPSA) is 54.4 Å². The quantitative estimate of drug-likeness (QED) is 0.834. The molecule has 0 aliphatic heterocycles. The van der Waals surface area contributed by atoms with Gasteiger partial charge in [-0.15, -0.1) is 11.3 Å². The molecule has 0 atom stereocenters. The average molecular weight is 301 g/mol. The fourth-order valence-corrected chi connectivity index (χ4v) is 2.44. The number of hydrogen-bond donors (Lipinski definition) is 1. The molecule has 1 amide bonds. The molecule has 1 heterocycles. The second-order valence-electron chi connectivity index (χ2n) is 4.94. The van der Waals surface area contributed by atoms with Gasteiger partial charge in [0.15, 0.2) is 0 Å². The molecule has 21 heavy (non-hydrogen) atoms. The van der Waals surface area contributed by atoms with E-state index in [4.69, 9.17) is 0 Å². The minimum absolute atomic E-state index is 0.0920. The first-order chi connectivity index (χ1) is 10.1. The zero-order chi connectivity index (χ0) is 15.1. The molecule has 1 N–H and O–H groups in total. The zero-order valence-electron chi connectivity index (χ0n) is 12.2. The summed E-state index contributed by atoms with van der Waals surface area (Å²) in [6.45, 7) is 4.39. The lowest BCUT2D eigenvalue weighted by Gasteiger charge is -2.09. The van der Waals surface area contributed by atoms with Crippen molar-refractivity contribution in [3.63, 3.8) is 0 Å². The molecule has 4 nitrogen and oxygen atoms in total. The number of nitrogens with one attached hydrogen (secondary N) is 1. The maximum Gasteiger partial charge on any atom is 0.265 e. The molecular formula is C16H19N3OS. The van der Waals surface area contributed by atoms with Crippen molar-refractivity contribution in [3.05, 3.63) is 52.5 Å². The summed E-state index contributed by atoms with van der Waals surface area (Å²) >= 11 is 1.53. The summed E-state index contributed by atoms with van der Waals surface area (Å²) in [5, 5.41) is 5.68. The van der Waals surface area contributed by atoms with Gasteiger partial charge in [0, 0.05) is 24.0 Å². The SMILES string of the molecule is CC(C)/N=C(/Cc1ccccc1)C(=O)NCc1nccs1. The Labute approximate surface area is 129 Å². The Morgan fingerprint density at radius 3 is 2.71 bits per heavy atom. The van der Waals surface area contributed by atoms with Crippen LogP contribution < -0.4 is 5.32 Å². The first kappa shape index (κ1) is 15.4. The largest absolute Gasteiger partial charge is 0.344 e. The number of amides is 1. The Balaban J connectivity index is 2.03. The smallest absolute Gasteiger partial charge is 0.265 e. The van der Waals surface area contributed by atoms with Crippen molar-refractivity contribution in [1.82, 2.24) is 10.3 Å². The van der Waals surface area contributed by atoms with E-state index in [-0.39, 0.29) is 11.9 Å². The van der Waals surface area contributed by atoms with Gasteiger partial charge in [-0.25, -0.2) is 4.98 Å². The zero-order valence-corrected chi connectivity index (χ0v) is 13.1. The van der Waals surface area contributed by atoms with E-state index in [1.807, 2.05) is 49.6 Å². The second kappa shape index (κ2) is 7.69. The van der Waals surface area contributed by atoms with Gasteiger partial charge in [0.1, 0.15) is 10.7 Å². The molecule has 1 aromatic carbocycles. The molecule has 2 rings (SSSR count). The maximum atomic E-state index is 12.3. The van der Waals surface area contributed by atoms with E-state index in [1.54, 1.807) is 6.20 Å². The van der Waals surface area contributed by atoms with Gasteiger partial charge in [0.2, 0.25) is 0 Å². The predicted octanol–water partition coefficient (Wildman–Crippen LogP) is 2.85. The minimum Gasteiger partial charge on any atom is -0.344 e. The van der Waals surface area contributed by atoms with E-state index in [2.05, 4.69) is 15.3 Å². The number of rotatable bonds is 6. The van der Waals surface area contributed by atoms with Gasteiger partial charge >= 0.3 is 0 Å². The van der Waals surface area contributed by atoms with Crippen LogP contribution in [0.15, 0.2) is 46.9 Å². The summed E-state index contributed by atoms with van der Waals surface area (Å²) in [6.07, 6.45) is 2.28. The third kappa shape index (κ3) is 5.11. The van der Waals surface area contributed by atoms with E-state index in [1.165, 1.54) is 11.3 Å². The molecule has 5 heteroatoms. The van der Waals surface area contributed by atoms with Crippen molar-refractivity contribution >= 4 is 23.0 Å². The van der Waals surface area contributed by atoms with Crippen LogP contribution >= 0.6 is 11.3 Å². The van der Waals surface area contributed by atoms with E-state index in [0.717, 1.165) is 10.6 Å². The molecule has 0 aliphatic carbocycles. The number of aliphatic imine (C=N–C) groups is 1. The fraction of sp³-hybridized carbons (Fsp3) is 0.312. The van der Waals surface area contributed by atoms with Crippen molar-refractivity contribution in [2.45, 2.75) is 32.9 Å². The maximum absolute atomic E-state index is 12.3. The van der Waals surface area contributed by atoms with Gasteiger partial charge in [0.05, 0.1) is 6.54 Å². The van der Waals surface area contributed by atoms with Gasteiger partial charge in [-0.3, -0.25) is 9.79 Å². The standard InChI is InChI=1S/C16H19N3OS/c1-12(2)19-14(10-13-6-4-3-5-7-13)16(20)18-11-15-17-8-9-21-15/h3-9,12H,10-11H2,1-2H3,(H,18,20)/b19-14-. The van der Waals surface area contributed by atoms with Gasteiger partial charge in [0.25, 0.3) is 5.91 Å². The van der Waals surface area contributed by atoms with E-state index >= 15 is 0 Å². The molecule has 0 saturated carbocycles. The van der Waals surface area contributed by atoms with Gasteiger partial charge < -0.3 is 5.32 Å². The Kier molecular flexibility index (Phi) is 5.63. The Bertz CT molecular complexity index is 591. The number of nitrogens with zero attached hydrogens (tertiary/aromatic N) is 2. The third-order valence-corrected chi connectivity index (χ3v) is 3.55. The predicted molar refractivity (Wildman–Crippen MR) is 86.7 cm³/mol. The Hall–Kier alpha value is -2.01. The van der Waals surface area contributed by atoms with Gasteiger partial charge in [-0.05, 0) is 19.4 Å². The first-order valence-electron chi connectivity index (χ1n) is 6.92. The summed E-state index contributed by atoms with van der Waals surface area (Å²) in [5.74, 6) is -0.122. The van der Waals surface area contributed by atoms with Crippen LogP contribution in [0.3, 0.4) is 0 Å². The second-order valence-corrected chi connectivity index (χ2v) is 5.92. The molecule has 0 fully saturated rings. The molecule has 0 spiro atoms. The number of aromatic nitrogens is 1. The van der Waals surface area contributed by atoms with Crippen LogP contribution in [0.2, 0.25) is 0 Å². The summed E-state index contributed by atoms with van der Waals surface area (Å²) in [5.41, 5.74) is 1.65. The number of thiazole rings is 1. The monoisotopic (exact) mass is 301 g/mol. The number of carbonyl (C=O) groups excluding carboxylic acids is 1. The van der Waals surface area contributed by atoms with E-state index in [9.17, 15) is 4.79 Å². The highest BCUT2D eigenvalue weighted by Crippen LogP contribution is 2.05. The van der Waals surface area contributed by atoms with Crippen molar-refractivity contribution in [2.75, 3.05) is 0 Å². The number of carbonyl (C=O) groups is 1. The minimum atomic E-state index is -0.122. The van der Waals surface area contributed by atoms with Crippen molar-refractivity contribution < 1.29 is 4.79 Å². The Morgan fingerprint density at radius 2 is 2.10 bits per heavy atom. The van der Waals surface area contributed by atoms with Crippen LogP contribution in [0.1, 0.15) is 24.4 Å². The highest BCUT2D eigenvalue weighted by molar-refractivity contribution is 7.09. The summed E-state index contributed by atoms with van der Waals surface area (Å²) in [4.78, 5) is 20.9. The molecule has 0 bridgehead atoms. The van der Waals surface area contributed by atoms with Crippen LogP contribution in [-0.2, 0) is 17.8 Å². The molecule has 110 valence electrons. The van der Waals surface area contributed by atoms with Crippen LogP contribution in [-0.4, -0.2) is 22.6 Å². The normalized spacial score (nSPS) is 11.7. The molecule has 2 aromatic rings. The van der Waals surface area contributed by atoms with Crippen LogP contribution in [0.5, 0.6) is 0 Å². The van der Waals surface area contributed by atoms with Gasteiger partial charge in [-0.2, -0.15) is 0 Å². The van der Waals surface area contributed by atoms with Crippen LogP contribution in [0.25, 0.3) is 0 Å². The first-order valence-corrected chi connectivity index (χ1v) is 7.80. The van der Waals surface area contributed by atoms with Crippen molar-refractivity contribution in [3.8, 4) is 0 Å². The average Bonchev–Trinajstić information content (AvgIpc) is 2.98. The molecule has 1 aromatic heterocycles. The van der Waals surface area contributed by atoms with Crippen LogP contribution in [0, 0.1) is 0 Å². The van der Waals surface area contributed by atoms with Gasteiger partial charge in [-0.1, -0.05) is 30.3 Å². The Morgan fingerprint density at radius 1 is 1.33 bits per heavy atom. The lowest BCUT2D eigenvalue weighted by atomic mass is 10.1. The summed E-state index contributed by atoms with van der Waals surface area (Å²) in [7, 11) is 0. The van der Waals surface area contributed by atoms with E-state index in [0.29, 0.717) is 18.7 Å². The molecule has 0 unspecified atom stereocenters. The van der Waals surface area contributed by atoms with E-state index < -0.39 is 0 Å². The van der Waals surface area contributed by atoms with Crippen molar-refractivity contribution in [1.29, 1.82) is 0 Å². The molecule has 0 saturated heterocycles. The third-order valence-electron chi connectivity index (χ3n) is 2.77. The highest BCUT2D eigenvalue weighted by Gasteiger charge is 2.13. The fourth-order valence-electron chi connectivity index (χ4n) is 1.88. The molecular weight excluding hydrogens is 282 g/mol. The highest BCUT2D eigenvalue weighted by atomic mass is 32.1. The summed E-state index contributed by atoms with van der Waals surface area (Å²) < 4.78 is 0.